The van der Waals surface area contributed by atoms with E-state index < -0.39 is 10.0 Å². The molecule has 124 valence electrons. The second-order valence-corrected chi connectivity index (χ2v) is 7.62. The Kier molecular flexibility index (Phi) is 7.78. The van der Waals surface area contributed by atoms with Crippen molar-refractivity contribution in [2.45, 2.75) is 11.3 Å². The van der Waals surface area contributed by atoms with E-state index in [0.717, 1.165) is 13.1 Å². The van der Waals surface area contributed by atoms with E-state index in [9.17, 15) is 13.2 Å². The first-order chi connectivity index (χ1) is 9.97. The van der Waals surface area contributed by atoms with Gasteiger partial charge in [-0.1, -0.05) is 22.0 Å². The largest absolute Gasteiger partial charge is 0.356 e. The smallest absolute Gasteiger partial charge is 0.240 e. The van der Waals surface area contributed by atoms with Crippen LogP contribution in [0, 0.1) is 5.92 Å². The van der Waals surface area contributed by atoms with E-state index in [1.165, 1.54) is 12.1 Å². The minimum atomic E-state index is -3.57. The maximum Gasteiger partial charge on any atom is 0.240 e. The molecule has 0 radical (unpaired) electrons. The Bertz CT molecular complexity index is 608. The van der Waals surface area contributed by atoms with Crippen molar-refractivity contribution in [1.29, 1.82) is 0 Å². The second-order valence-electron chi connectivity index (χ2n) is 4.93. The van der Waals surface area contributed by atoms with Crippen LogP contribution in [-0.4, -0.2) is 40.5 Å². The Balaban J connectivity index is 0.00000242. The zero-order valence-electron chi connectivity index (χ0n) is 11.8. The third kappa shape index (κ3) is 5.85. The van der Waals surface area contributed by atoms with Crippen LogP contribution < -0.4 is 15.4 Å². The maximum absolute atomic E-state index is 12.0. The van der Waals surface area contributed by atoms with Gasteiger partial charge in [-0.05, 0) is 18.2 Å². The van der Waals surface area contributed by atoms with Crippen molar-refractivity contribution in [3.05, 3.63) is 28.7 Å². The Hall–Kier alpha value is -0.670. The fourth-order valence-corrected chi connectivity index (χ4v) is 3.48. The number of carbonyl (C=O) groups excluding carboxylic acids is 1. The number of amides is 1. The molecule has 0 bridgehead atoms. The van der Waals surface area contributed by atoms with Crippen LogP contribution in [0.3, 0.4) is 0 Å². The van der Waals surface area contributed by atoms with Crippen LogP contribution in [0.1, 0.15) is 6.42 Å². The van der Waals surface area contributed by atoms with Gasteiger partial charge < -0.3 is 10.6 Å². The van der Waals surface area contributed by atoms with E-state index >= 15 is 0 Å². The van der Waals surface area contributed by atoms with Gasteiger partial charge in [-0.15, -0.1) is 12.4 Å². The van der Waals surface area contributed by atoms with Crippen LogP contribution in [-0.2, 0) is 14.8 Å². The van der Waals surface area contributed by atoms with E-state index in [1.807, 2.05) is 0 Å². The first-order valence-corrected chi connectivity index (χ1v) is 8.97. The van der Waals surface area contributed by atoms with E-state index in [1.54, 1.807) is 12.1 Å². The number of halogens is 2. The van der Waals surface area contributed by atoms with E-state index in [4.69, 9.17) is 0 Å². The lowest BCUT2D eigenvalue weighted by Crippen LogP contribution is -2.48. The molecule has 22 heavy (non-hydrogen) atoms. The van der Waals surface area contributed by atoms with Crippen LogP contribution in [0.4, 0.5) is 0 Å². The Labute approximate surface area is 145 Å². The average Bonchev–Trinajstić information content (AvgIpc) is 2.36. The highest BCUT2D eigenvalue weighted by atomic mass is 79.9. The zero-order valence-corrected chi connectivity index (χ0v) is 15.1. The lowest BCUT2D eigenvalue weighted by molar-refractivity contribution is -0.121. The molecule has 0 spiro atoms. The lowest BCUT2D eigenvalue weighted by atomic mass is 10.0. The zero-order chi connectivity index (χ0) is 15.3. The number of nitrogens with one attached hydrogen (secondary N) is 3. The van der Waals surface area contributed by atoms with Gasteiger partial charge in [0, 0.05) is 43.0 Å². The maximum atomic E-state index is 12.0. The summed E-state index contributed by atoms with van der Waals surface area (Å²) in [7, 11) is -3.57. The molecule has 0 atom stereocenters. The quantitative estimate of drug-likeness (QED) is 0.620. The van der Waals surface area contributed by atoms with E-state index in [0.29, 0.717) is 16.9 Å². The number of hydrogen-bond acceptors (Lipinski definition) is 4. The molecule has 0 unspecified atom stereocenters. The van der Waals surface area contributed by atoms with Crippen molar-refractivity contribution >= 4 is 44.3 Å². The minimum absolute atomic E-state index is 0. The van der Waals surface area contributed by atoms with Crippen molar-refractivity contribution < 1.29 is 13.2 Å². The number of sulfonamides is 1. The van der Waals surface area contributed by atoms with Gasteiger partial charge in [-0.3, -0.25) is 4.79 Å². The third-order valence-corrected chi connectivity index (χ3v) is 5.16. The molecule has 1 aromatic carbocycles. The van der Waals surface area contributed by atoms with Crippen molar-refractivity contribution in [2.75, 3.05) is 26.2 Å². The molecule has 1 heterocycles. The van der Waals surface area contributed by atoms with Crippen LogP contribution >= 0.6 is 28.3 Å². The number of carbonyl (C=O) groups is 1. The summed E-state index contributed by atoms with van der Waals surface area (Å²) in [4.78, 5) is 11.8. The molecule has 2 rings (SSSR count). The monoisotopic (exact) mass is 411 g/mol. The summed E-state index contributed by atoms with van der Waals surface area (Å²) in [5.74, 6) is 0.353. The van der Waals surface area contributed by atoms with Gasteiger partial charge in [0.2, 0.25) is 15.9 Å². The van der Waals surface area contributed by atoms with Crippen molar-refractivity contribution in [3.8, 4) is 0 Å². The third-order valence-electron chi connectivity index (χ3n) is 3.20. The summed E-state index contributed by atoms with van der Waals surface area (Å²) >= 11 is 3.23. The fourth-order valence-electron chi connectivity index (χ4n) is 1.86. The van der Waals surface area contributed by atoms with E-state index in [-0.39, 0.29) is 36.2 Å². The van der Waals surface area contributed by atoms with Crippen molar-refractivity contribution in [3.63, 3.8) is 0 Å². The molecule has 1 fully saturated rings. The summed E-state index contributed by atoms with van der Waals surface area (Å²) in [6, 6.07) is 6.43. The van der Waals surface area contributed by atoms with Crippen molar-refractivity contribution in [1.82, 2.24) is 15.4 Å². The molecule has 1 amide bonds. The number of benzene rings is 1. The first-order valence-electron chi connectivity index (χ1n) is 6.70. The molecule has 6 nitrogen and oxygen atoms in total. The standard InChI is InChI=1S/C13H18BrN3O3S.ClH/c14-11-2-1-3-12(6-11)21(19,20)17-5-4-13(18)16-9-10-7-15-8-10;/h1-3,6,10,15,17H,4-5,7-9H2,(H,16,18);1H. The molecular formula is C13H19BrClN3O3S. The molecular weight excluding hydrogens is 394 g/mol. The van der Waals surface area contributed by atoms with Crippen molar-refractivity contribution in [2.24, 2.45) is 5.92 Å². The van der Waals surface area contributed by atoms with Gasteiger partial charge in [-0.25, -0.2) is 13.1 Å². The molecule has 3 N–H and O–H groups in total. The summed E-state index contributed by atoms with van der Waals surface area (Å²) in [5.41, 5.74) is 0. The molecule has 1 saturated heterocycles. The van der Waals surface area contributed by atoms with Crippen LogP contribution in [0.15, 0.2) is 33.6 Å². The highest BCUT2D eigenvalue weighted by Gasteiger charge is 2.18. The number of rotatable bonds is 7. The summed E-state index contributed by atoms with van der Waals surface area (Å²) in [5, 5.41) is 5.92. The predicted molar refractivity (Wildman–Crippen MR) is 90.6 cm³/mol. The second kappa shape index (κ2) is 8.83. The fraction of sp³-hybridized carbons (Fsp3) is 0.462. The predicted octanol–water partition coefficient (Wildman–Crippen LogP) is 0.875. The summed E-state index contributed by atoms with van der Waals surface area (Å²) in [6.07, 6.45) is 0.132. The average molecular weight is 413 g/mol. The lowest BCUT2D eigenvalue weighted by Gasteiger charge is -2.27. The molecule has 9 heteroatoms. The van der Waals surface area contributed by atoms with Gasteiger partial charge in [0.1, 0.15) is 0 Å². The van der Waals surface area contributed by atoms with Gasteiger partial charge in [0.05, 0.1) is 4.90 Å². The first kappa shape index (κ1) is 19.4. The summed E-state index contributed by atoms with van der Waals surface area (Å²) in [6.45, 7) is 2.58. The van der Waals surface area contributed by atoms with Crippen LogP contribution in [0.5, 0.6) is 0 Å². The molecule has 0 saturated carbocycles. The Morgan fingerprint density at radius 2 is 2.09 bits per heavy atom. The molecule has 1 aliphatic rings. The normalized spacial score (nSPS) is 14.8. The topological polar surface area (TPSA) is 87.3 Å². The van der Waals surface area contributed by atoms with E-state index in [2.05, 4.69) is 31.3 Å². The molecule has 0 aliphatic carbocycles. The molecule has 1 aliphatic heterocycles. The minimum Gasteiger partial charge on any atom is -0.356 e. The summed E-state index contributed by atoms with van der Waals surface area (Å²) < 4.78 is 27.2. The highest BCUT2D eigenvalue weighted by Crippen LogP contribution is 2.15. The van der Waals surface area contributed by atoms with Gasteiger partial charge >= 0.3 is 0 Å². The Morgan fingerprint density at radius 1 is 1.36 bits per heavy atom. The SMILES string of the molecule is Cl.O=C(CCNS(=O)(=O)c1cccc(Br)c1)NCC1CNC1. The number of hydrogen-bond donors (Lipinski definition) is 3. The van der Waals surface area contributed by atoms with Gasteiger partial charge in [0.25, 0.3) is 0 Å². The van der Waals surface area contributed by atoms with Crippen LogP contribution in [0.25, 0.3) is 0 Å². The Morgan fingerprint density at radius 3 is 2.68 bits per heavy atom. The van der Waals surface area contributed by atoms with Gasteiger partial charge in [-0.2, -0.15) is 0 Å². The van der Waals surface area contributed by atoms with Gasteiger partial charge in [0.15, 0.2) is 0 Å². The molecule has 1 aromatic rings. The highest BCUT2D eigenvalue weighted by molar-refractivity contribution is 9.10. The van der Waals surface area contributed by atoms with Crippen LogP contribution in [0.2, 0.25) is 0 Å². The molecule has 0 aromatic heterocycles.